The van der Waals surface area contributed by atoms with Crippen LogP contribution >= 0.6 is 11.6 Å². The Labute approximate surface area is 150 Å². The van der Waals surface area contributed by atoms with Gasteiger partial charge in [0.15, 0.2) is 0 Å². The number of amides is 1. The van der Waals surface area contributed by atoms with Gasteiger partial charge in [0.05, 0.1) is 6.04 Å². The SMILES string of the molecule is C[C@H](NC(=O)CCc1ccc(Cl)cc1)c1ccc(C(C)(C)C)cc1. The lowest BCUT2D eigenvalue weighted by Gasteiger charge is -2.20. The molecule has 2 rings (SSSR count). The number of halogens is 1. The largest absolute Gasteiger partial charge is 0.350 e. The molecule has 0 radical (unpaired) electrons. The average molecular weight is 344 g/mol. The van der Waals surface area contributed by atoms with E-state index in [1.807, 2.05) is 31.2 Å². The number of carbonyl (C=O) groups is 1. The van der Waals surface area contributed by atoms with Crippen LogP contribution in [0.4, 0.5) is 0 Å². The molecule has 0 aliphatic rings. The van der Waals surface area contributed by atoms with Gasteiger partial charge in [0.25, 0.3) is 0 Å². The Morgan fingerprint density at radius 3 is 2.17 bits per heavy atom. The van der Waals surface area contributed by atoms with Crippen LogP contribution in [-0.4, -0.2) is 5.91 Å². The van der Waals surface area contributed by atoms with Crippen LogP contribution in [0.5, 0.6) is 0 Å². The number of rotatable bonds is 5. The van der Waals surface area contributed by atoms with Crippen LogP contribution in [0.3, 0.4) is 0 Å². The molecule has 0 saturated carbocycles. The molecular weight excluding hydrogens is 318 g/mol. The summed E-state index contributed by atoms with van der Waals surface area (Å²) in [5, 5.41) is 3.79. The standard InChI is InChI=1S/C21H26ClNO/c1-15(17-8-10-18(11-9-17)21(2,3)4)23-20(24)14-7-16-5-12-19(22)13-6-16/h5-6,8-13,15H,7,14H2,1-4H3,(H,23,24)/t15-/m0/s1. The first-order valence-corrected chi connectivity index (χ1v) is 8.78. The molecule has 0 aliphatic carbocycles. The quantitative estimate of drug-likeness (QED) is 0.768. The molecule has 0 aliphatic heterocycles. The summed E-state index contributed by atoms with van der Waals surface area (Å²) < 4.78 is 0. The van der Waals surface area contributed by atoms with Gasteiger partial charge < -0.3 is 5.32 Å². The molecule has 0 bridgehead atoms. The van der Waals surface area contributed by atoms with Crippen LogP contribution < -0.4 is 5.32 Å². The zero-order chi connectivity index (χ0) is 17.7. The third-order valence-electron chi connectivity index (χ3n) is 4.21. The van der Waals surface area contributed by atoms with Crippen molar-refractivity contribution in [2.24, 2.45) is 0 Å². The minimum atomic E-state index is 0.0109. The molecule has 2 nitrogen and oxygen atoms in total. The van der Waals surface area contributed by atoms with Crippen molar-refractivity contribution in [3.8, 4) is 0 Å². The first-order valence-electron chi connectivity index (χ1n) is 8.40. The summed E-state index contributed by atoms with van der Waals surface area (Å²) >= 11 is 5.87. The highest BCUT2D eigenvalue weighted by atomic mass is 35.5. The van der Waals surface area contributed by atoms with Crippen LogP contribution in [0.15, 0.2) is 48.5 Å². The Balaban J connectivity index is 1.88. The van der Waals surface area contributed by atoms with E-state index in [-0.39, 0.29) is 17.4 Å². The molecule has 3 heteroatoms. The number of hydrogen-bond acceptors (Lipinski definition) is 1. The molecule has 128 valence electrons. The van der Waals surface area contributed by atoms with Crippen molar-refractivity contribution in [3.05, 3.63) is 70.2 Å². The number of hydrogen-bond donors (Lipinski definition) is 1. The summed E-state index contributed by atoms with van der Waals surface area (Å²) in [6.07, 6.45) is 1.20. The molecule has 0 spiro atoms. The van der Waals surface area contributed by atoms with E-state index in [1.165, 1.54) is 5.56 Å². The fourth-order valence-electron chi connectivity index (χ4n) is 2.58. The average Bonchev–Trinajstić information content (AvgIpc) is 2.53. The predicted octanol–water partition coefficient (Wildman–Crippen LogP) is 5.45. The molecular formula is C21H26ClNO. The second kappa shape index (κ2) is 7.85. The molecule has 1 atom stereocenters. The number of aryl methyl sites for hydroxylation is 1. The van der Waals surface area contributed by atoms with Crippen LogP contribution in [0, 0.1) is 0 Å². The van der Waals surface area contributed by atoms with Gasteiger partial charge in [-0.15, -0.1) is 0 Å². The monoisotopic (exact) mass is 343 g/mol. The summed E-state index contributed by atoms with van der Waals surface area (Å²) in [6, 6.07) is 16.1. The molecule has 2 aromatic rings. The number of nitrogens with one attached hydrogen (secondary N) is 1. The maximum atomic E-state index is 12.2. The molecule has 0 saturated heterocycles. The zero-order valence-corrected chi connectivity index (χ0v) is 15.7. The third kappa shape index (κ3) is 5.38. The normalized spacial score (nSPS) is 12.7. The molecule has 2 aromatic carbocycles. The van der Waals surface area contributed by atoms with Crippen LogP contribution in [0.1, 0.15) is 56.8 Å². The summed E-state index contributed by atoms with van der Waals surface area (Å²) in [5.41, 5.74) is 3.69. The fraction of sp³-hybridized carbons (Fsp3) is 0.381. The van der Waals surface area contributed by atoms with Gasteiger partial charge in [-0.2, -0.15) is 0 Å². The topological polar surface area (TPSA) is 29.1 Å². The van der Waals surface area contributed by atoms with Gasteiger partial charge in [-0.1, -0.05) is 68.8 Å². The summed E-state index contributed by atoms with van der Waals surface area (Å²) in [5.74, 6) is 0.0670. The Morgan fingerprint density at radius 1 is 1.04 bits per heavy atom. The number of benzene rings is 2. The van der Waals surface area contributed by atoms with E-state index in [2.05, 4.69) is 50.4 Å². The molecule has 1 amide bonds. The van der Waals surface area contributed by atoms with Gasteiger partial charge in [0.2, 0.25) is 5.91 Å². The molecule has 0 heterocycles. The van der Waals surface area contributed by atoms with Gasteiger partial charge >= 0.3 is 0 Å². The lowest BCUT2D eigenvalue weighted by molar-refractivity contribution is -0.121. The Bertz CT molecular complexity index is 668. The fourth-order valence-corrected chi connectivity index (χ4v) is 2.70. The highest BCUT2D eigenvalue weighted by molar-refractivity contribution is 6.30. The molecule has 24 heavy (non-hydrogen) atoms. The van der Waals surface area contributed by atoms with E-state index in [0.717, 1.165) is 22.6 Å². The molecule has 0 unspecified atom stereocenters. The van der Waals surface area contributed by atoms with Crippen molar-refractivity contribution in [1.29, 1.82) is 0 Å². The second-order valence-corrected chi connectivity index (χ2v) is 7.72. The molecule has 0 aromatic heterocycles. The molecule has 1 N–H and O–H groups in total. The number of carbonyl (C=O) groups excluding carboxylic acids is 1. The highest BCUT2D eigenvalue weighted by Crippen LogP contribution is 2.24. The second-order valence-electron chi connectivity index (χ2n) is 7.29. The van der Waals surface area contributed by atoms with Crippen molar-refractivity contribution in [2.75, 3.05) is 0 Å². The van der Waals surface area contributed by atoms with E-state index < -0.39 is 0 Å². The van der Waals surface area contributed by atoms with Crippen LogP contribution in [-0.2, 0) is 16.6 Å². The van der Waals surface area contributed by atoms with Gasteiger partial charge in [-0.3, -0.25) is 4.79 Å². The Hall–Kier alpha value is -1.80. The van der Waals surface area contributed by atoms with E-state index in [1.54, 1.807) is 0 Å². The van der Waals surface area contributed by atoms with Crippen molar-refractivity contribution < 1.29 is 4.79 Å². The van der Waals surface area contributed by atoms with Gasteiger partial charge in [-0.05, 0) is 47.6 Å². The summed E-state index contributed by atoms with van der Waals surface area (Å²) in [6.45, 7) is 8.62. The summed E-state index contributed by atoms with van der Waals surface area (Å²) in [4.78, 5) is 12.2. The minimum absolute atomic E-state index is 0.0109. The predicted molar refractivity (Wildman–Crippen MR) is 101 cm³/mol. The lowest BCUT2D eigenvalue weighted by atomic mass is 9.86. The van der Waals surface area contributed by atoms with E-state index in [0.29, 0.717) is 6.42 Å². The Morgan fingerprint density at radius 2 is 1.62 bits per heavy atom. The minimum Gasteiger partial charge on any atom is -0.350 e. The van der Waals surface area contributed by atoms with Gasteiger partial charge in [0, 0.05) is 11.4 Å². The molecule has 0 fully saturated rings. The van der Waals surface area contributed by atoms with Crippen LogP contribution in [0.2, 0.25) is 5.02 Å². The first kappa shape index (κ1) is 18.5. The van der Waals surface area contributed by atoms with Crippen molar-refractivity contribution in [3.63, 3.8) is 0 Å². The maximum Gasteiger partial charge on any atom is 0.220 e. The lowest BCUT2D eigenvalue weighted by Crippen LogP contribution is -2.26. The summed E-state index contributed by atoms with van der Waals surface area (Å²) in [7, 11) is 0. The smallest absolute Gasteiger partial charge is 0.220 e. The Kier molecular flexibility index (Phi) is 6.06. The maximum absolute atomic E-state index is 12.2. The highest BCUT2D eigenvalue weighted by Gasteiger charge is 2.15. The zero-order valence-electron chi connectivity index (χ0n) is 14.9. The van der Waals surface area contributed by atoms with E-state index in [4.69, 9.17) is 11.6 Å². The third-order valence-corrected chi connectivity index (χ3v) is 4.46. The van der Waals surface area contributed by atoms with Crippen molar-refractivity contribution in [2.45, 2.75) is 52.0 Å². The van der Waals surface area contributed by atoms with E-state index in [9.17, 15) is 4.79 Å². The van der Waals surface area contributed by atoms with E-state index >= 15 is 0 Å². The van der Waals surface area contributed by atoms with Crippen molar-refractivity contribution >= 4 is 17.5 Å². The van der Waals surface area contributed by atoms with Gasteiger partial charge in [0.1, 0.15) is 0 Å². The first-order chi connectivity index (χ1) is 11.3. The van der Waals surface area contributed by atoms with Crippen molar-refractivity contribution in [1.82, 2.24) is 5.32 Å². The van der Waals surface area contributed by atoms with Gasteiger partial charge in [-0.25, -0.2) is 0 Å². The van der Waals surface area contributed by atoms with Crippen LogP contribution in [0.25, 0.3) is 0 Å².